The molecule has 2 aliphatic heterocycles. The van der Waals surface area contributed by atoms with Crippen LogP contribution in [0.25, 0.3) is 22.0 Å². The van der Waals surface area contributed by atoms with Gasteiger partial charge in [-0.25, -0.2) is 9.66 Å². The number of nitrogens with zero attached hydrogens (tertiary/aromatic N) is 5. The molecule has 1 atom stereocenters. The largest absolute Gasteiger partial charge is 0.369 e. The Hall–Kier alpha value is -3.91. The second-order valence-corrected chi connectivity index (χ2v) is 9.39. The minimum atomic E-state index is -0.279. The smallest absolute Gasteiger partial charge is 0.278 e. The van der Waals surface area contributed by atoms with Gasteiger partial charge in [0, 0.05) is 55.2 Å². The molecule has 1 amide bonds. The van der Waals surface area contributed by atoms with Gasteiger partial charge in [-0.3, -0.25) is 19.6 Å². The molecule has 2 N–H and O–H groups in total. The summed E-state index contributed by atoms with van der Waals surface area (Å²) in [6, 6.07) is 13.6. The van der Waals surface area contributed by atoms with Gasteiger partial charge in [0.25, 0.3) is 5.56 Å². The number of nitrogens with two attached hydrogens (primary N) is 1. The van der Waals surface area contributed by atoms with Crippen LogP contribution in [0.4, 0.5) is 11.5 Å². The monoisotopic (exact) mass is 486 g/mol. The Bertz CT molecular complexity index is 1530. The fourth-order valence-electron chi connectivity index (χ4n) is 5.02. The number of rotatable bonds is 4. The molecule has 1 aromatic carbocycles. The molecule has 35 heavy (non-hydrogen) atoms. The summed E-state index contributed by atoms with van der Waals surface area (Å²) in [4.78, 5) is 36.3. The summed E-state index contributed by atoms with van der Waals surface area (Å²) in [5.74, 6) is 0.320. The van der Waals surface area contributed by atoms with Gasteiger partial charge in [0.05, 0.1) is 27.7 Å². The molecule has 0 spiro atoms. The molecule has 1 fully saturated rings. The zero-order chi connectivity index (χ0) is 24.1. The molecule has 4 aromatic rings. The highest BCUT2D eigenvalue weighted by molar-refractivity contribution is 6.33. The van der Waals surface area contributed by atoms with Gasteiger partial charge in [0.15, 0.2) is 0 Å². The summed E-state index contributed by atoms with van der Waals surface area (Å²) in [6.07, 6.45) is 6.73. The highest BCUT2D eigenvalue weighted by Gasteiger charge is 2.28. The van der Waals surface area contributed by atoms with Crippen molar-refractivity contribution in [1.29, 1.82) is 0 Å². The van der Waals surface area contributed by atoms with Gasteiger partial charge in [0.2, 0.25) is 5.91 Å². The van der Waals surface area contributed by atoms with Crippen LogP contribution < -0.4 is 21.2 Å². The maximum Gasteiger partial charge on any atom is 0.278 e. The Morgan fingerprint density at radius 1 is 1.09 bits per heavy atom. The third-order valence-electron chi connectivity index (χ3n) is 6.90. The van der Waals surface area contributed by atoms with Crippen molar-refractivity contribution in [3.05, 3.63) is 82.0 Å². The van der Waals surface area contributed by atoms with Crippen molar-refractivity contribution in [2.45, 2.75) is 12.8 Å². The van der Waals surface area contributed by atoms with Crippen molar-refractivity contribution in [3.8, 4) is 11.1 Å². The molecule has 9 heteroatoms. The zero-order valence-electron chi connectivity index (χ0n) is 18.9. The summed E-state index contributed by atoms with van der Waals surface area (Å²) in [5.41, 5.74) is 9.29. The number of aromatic nitrogens is 3. The first-order valence-electron chi connectivity index (χ1n) is 11.6. The minimum Gasteiger partial charge on any atom is -0.369 e. The Labute approximate surface area is 206 Å². The average Bonchev–Trinajstić information content (AvgIpc) is 3.52. The van der Waals surface area contributed by atoms with E-state index in [1.807, 2.05) is 40.2 Å². The summed E-state index contributed by atoms with van der Waals surface area (Å²) < 4.78 is 1.63. The number of amides is 1. The summed E-state index contributed by atoms with van der Waals surface area (Å²) in [7, 11) is 0. The number of benzene rings is 1. The lowest BCUT2D eigenvalue weighted by atomic mass is 10.1. The number of carbonyl (C=O) groups excluding carboxylic acids is 1. The molecule has 6 rings (SSSR count). The van der Waals surface area contributed by atoms with Gasteiger partial charge in [0.1, 0.15) is 5.82 Å². The molecule has 0 unspecified atom stereocenters. The van der Waals surface area contributed by atoms with Gasteiger partial charge in [-0.2, -0.15) is 0 Å². The average molecular weight is 487 g/mol. The summed E-state index contributed by atoms with van der Waals surface area (Å²) >= 11 is 6.52. The van der Waals surface area contributed by atoms with E-state index in [2.05, 4.69) is 16.0 Å². The molecular formula is C26H23ClN6O2. The zero-order valence-corrected chi connectivity index (χ0v) is 19.7. The topological polar surface area (TPSA) is 97.4 Å². The SMILES string of the molecule is NC(=O)[C@H]1CCN(c2cc3ncc(-c4c(Cl)ccn(N5CCc6ccccc65)c4=O)cc3cn2)C1. The molecule has 2 aliphatic rings. The minimum absolute atomic E-state index is 0.159. The quantitative estimate of drug-likeness (QED) is 0.475. The number of para-hydroxylation sites is 1. The molecule has 3 aromatic heterocycles. The first-order valence-corrected chi connectivity index (χ1v) is 11.9. The first kappa shape index (κ1) is 21.6. The van der Waals surface area contributed by atoms with E-state index in [1.54, 1.807) is 29.3 Å². The van der Waals surface area contributed by atoms with Gasteiger partial charge < -0.3 is 10.6 Å². The number of hydrogen-bond acceptors (Lipinski definition) is 6. The predicted octanol–water partition coefficient (Wildman–Crippen LogP) is 3.25. The van der Waals surface area contributed by atoms with Crippen LogP contribution in [0, 0.1) is 5.92 Å². The highest BCUT2D eigenvalue weighted by atomic mass is 35.5. The van der Waals surface area contributed by atoms with Gasteiger partial charge in [-0.1, -0.05) is 29.8 Å². The number of fused-ring (bicyclic) bond motifs is 2. The van der Waals surface area contributed by atoms with Crippen LogP contribution >= 0.6 is 11.6 Å². The first-order chi connectivity index (χ1) is 17.0. The Kier molecular flexibility index (Phi) is 5.18. The van der Waals surface area contributed by atoms with E-state index < -0.39 is 0 Å². The third-order valence-corrected chi connectivity index (χ3v) is 7.22. The van der Waals surface area contributed by atoms with E-state index in [4.69, 9.17) is 17.3 Å². The molecule has 0 radical (unpaired) electrons. The van der Waals surface area contributed by atoms with E-state index in [0.717, 1.165) is 48.3 Å². The van der Waals surface area contributed by atoms with Crippen molar-refractivity contribution in [3.63, 3.8) is 0 Å². The maximum atomic E-state index is 13.6. The number of hydrogen-bond donors (Lipinski definition) is 1. The van der Waals surface area contributed by atoms with Crippen molar-refractivity contribution in [1.82, 2.24) is 14.6 Å². The van der Waals surface area contributed by atoms with Crippen LogP contribution in [0.5, 0.6) is 0 Å². The van der Waals surface area contributed by atoms with Crippen molar-refractivity contribution in [2.24, 2.45) is 11.7 Å². The number of pyridine rings is 3. The summed E-state index contributed by atoms with van der Waals surface area (Å²) in [6.45, 7) is 2.00. The molecule has 0 aliphatic carbocycles. The molecule has 0 saturated carbocycles. The Morgan fingerprint density at radius 2 is 1.94 bits per heavy atom. The lowest BCUT2D eigenvalue weighted by Gasteiger charge is -2.23. The molecule has 8 nitrogen and oxygen atoms in total. The molecular weight excluding hydrogens is 464 g/mol. The van der Waals surface area contributed by atoms with E-state index in [9.17, 15) is 9.59 Å². The van der Waals surface area contributed by atoms with Crippen LogP contribution in [-0.2, 0) is 11.2 Å². The van der Waals surface area contributed by atoms with Crippen LogP contribution in [0.1, 0.15) is 12.0 Å². The fraction of sp³-hybridized carbons (Fsp3) is 0.231. The van der Waals surface area contributed by atoms with Crippen LogP contribution in [0.15, 0.2) is 65.8 Å². The second kappa shape index (κ2) is 8.39. The Morgan fingerprint density at radius 3 is 2.77 bits per heavy atom. The number of primary amides is 1. The maximum absolute atomic E-state index is 13.6. The van der Waals surface area contributed by atoms with E-state index >= 15 is 0 Å². The number of anilines is 2. The van der Waals surface area contributed by atoms with E-state index in [1.165, 1.54) is 5.56 Å². The highest BCUT2D eigenvalue weighted by Crippen LogP contribution is 2.31. The number of carbonyl (C=O) groups is 1. The molecule has 5 heterocycles. The van der Waals surface area contributed by atoms with E-state index in [-0.39, 0.29) is 17.4 Å². The van der Waals surface area contributed by atoms with Crippen LogP contribution in [0.2, 0.25) is 5.02 Å². The molecule has 176 valence electrons. The van der Waals surface area contributed by atoms with Gasteiger partial charge >= 0.3 is 0 Å². The normalized spacial score (nSPS) is 17.2. The number of halogens is 1. The molecule has 1 saturated heterocycles. The predicted molar refractivity (Wildman–Crippen MR) is 137 cm³/mol. The van der Waals surface area contributed by atoms with Crippen molar-refractivity contribution in [2.75, 3.05) is 29.5 Å². The van der Waals surface area contributed by atoms with Crippen LogP contribution in [0.3, 0.4) is 0 Å². The Balaban J connectivity index is 1.36. The van der Waals surface area contributed by atoms with Crippen molar-refractivity contribution >= 4 is 39.9 Å². The standard InChI is InChI=1S/C26H23ClN6O2/c27-20-7-10-33(32-9-6-16-3-1-2-4-22(16)32)26(35)24(20)19-11-18-13-30-23(12-21(18)29-14-19)31-8-5-17(15-31)25(28)34/h1-4,7,10-14,17H,5-6,8-9,15H2,(H2,28,34)/t17-/m0/s1. The third kappa shape index (κ3) is 3.70. The van der Waals surface area contributed by atoms with Gasteiger partial charge in [-0.05, 0) is 36.6 Å². The van der Waals surface area contributed by atoms with Crippen LogP contribution in [-0.4, -0.2) is 40.2 Å². The lowest BCUT2D eigenvalue weighted by Crippen LogP contribution is -2.37. The van der Waals surface area contributed by atoms with Crippen molar-refractivity contribution < 1.29 is 4.79 Å². The summed E-state index contributed by atoms with van der Waals surface area (Å²) in [5, 5.41) is 3.16. The molecule has 0 bridgehead atoms. The fourth-order valence-corrected chi connectivity index (χ4v) is 5.27. The van der Waals surface area contributed by atoms with Gasteiger partial charge in [-0.15, -0.1) is 0 Å². The second-order valence-electron chi connectivity index (χ2n) is 8.98. The van der Waals surface area contributed by atoms with E-state index in [0.29, 0.717) is 22.7 Å². The lowest BCUT2D eigenvalue weighted by molar-refractivity contribution is -0.121.